The third-order valence-corrected chi connectivity index (χ3v) is 3.72. The predicted octanol–water partition coefficient (Wildman–Crippen LogP) is 2.93. The minimum Gasteiger partial charge on any atom is -0.490 e. The monoisotopic (exact) mass is 401 g/mol. The van der Waals surface area contributed by atoms with Crippen LogP contribution in [-0.2, 0) is 9.53 Å². The van der Waals surface area contributed by atoms with E-state index < -0.39 is 18.5 Å². The number of nitriles is 2. The Kier molecular flexibility index (Phi) is 10.7. The molecule has 1 amide bonds. The Morgan fingerprint density at radius 3 is 2.28 bits per heavy atom. The van der Waals surface area contributed by atoms with Crippen LogP contribution in [-0.4, -0.2) is 49.7 Å². The minimum atomic E-state index is -0.671. The fourth-order valence-corrected chi connectivity index (χ4v) is 2.31. The zero-order chi connectivity index (χ0) is 21.6. The van der Waals surface area contributed by atoms with Crippen LogP contribution in [0.5, 0.6) is 11.5 Å². The van der Waals surface area contributed by atoms with Gasteiger partial charge in [0.15, 0.2) is 18.1 Å². The summed E-state index contributed by atoms with van der Waals surface area (Å²) in [6.07, 6.45) is 0.279. The maximum atomic E-state index is 12.3. The molecule has 0 atom stereocenters. The van der Waals surface area contributed by atoms with Crippen LogP contribution in [0.15, 0.2) is 18.2 Å². The van der Waals surface area contributed by atoms with Crippen molar-refractivity contribution in [2.24, 2.45) is 5.92 Å². The van der Waals surface area contributed by atoms with Crippen LogP contribution in [0, 0.1) is 28.6 Å². The van der Waals surface area contributed by atoms with Gasteiger partial charge >= 0.3 is 5.97 Å². The van der Waals surface area contributed by atoms with Crippen molar-refractivity contribution < 1.29 is 23.8 Å². The number of amides is 1. The van der Waals surface area contributed by atoms with Gasteiger partial charge in [-0.15, -0.1) is 0 Å². The number of carbonyl (C=O) groups is 2. The number of hydrogen-bond donors (Lipinski definition) is 0. The Labute approximate surface area is 171 Å². The first-order valence-electron chi connectivity index (χ1n) is 9.51. The van der Waals surface area contributed by atoms with E-state index in [1.165, 1.54) is 11.0 Å². The average Bonchev–Trinajstić information content (AvgIpc) is 2.71. The van der Waals surface area contributed by atoms with E-state index in [2.05, 4.69) is 0 Å². The summed E-state index contributed by atoms with van der Waals surface area (Å²) in [7, 11) is 0. The van der Waals surface area contributed by atoms with E-state index in [-0.39, 0.29) is 31.5 Å². The highest BCUT2D eigenvalue weighted by molar-refractivity contribution is 5.92. The van der Waals surface area contributed by atoms with Gasteiger partial charge in [-0.3, -0.25) is 4.79 Å². The second-order valence-corrected chi connectivity index (χ2v) is 6.57. The molecule has 0 fully saturated rings. The second kappa shape index (κ2) is 13.0. The molecule has 0 spiro atoms. The van der Waals surface area contributed by atoms with Crippen molar-refractivity contribution in [2.75, 3.05) is 32.9 Å². The molecule has 1 aromatic rings. The Balaban J connectivity index is 2.77. The van der Waals surface area contributed by atoms with Crippen molar-refractivity contribution in [3.63, 3.8) is 0 Å². The number of ether oxygens (including phenoxy) is 3. The average molecular weight is 401 g/mol. The van der Waals surface area contributed by atoms with Crippen LogP contribution >= 0.6 is 0 Å². The maximum absolute atomic E-state index is 12.3. The highest BCUT2D eigenvalue weighted by atomic mass is 16.5. The van der Waals surface area contributed by atoms with Gasteiger partial charge in [-0.25, -0.2) is 4.79 Å². The van der Waals surface area contributed by atoms with Crippen molar-refractivity contribution in [1.82, 2.24) is 4.90 Å². The maximum Gasteiger partial charge on any atom is 0.338 e. The molecule has 156 valence electrons. The van der Waals surface area contributed by atoms with Crippen molar-refractivity contribution >= 4 is 11.9 Å². The van der Waals surface area contributed by atoms with E-state index in [0.717, 1.165) is 0 Å². The Bertz CT molecular complexity index is 747. The van der Waals surface area contributed by atoms with Gasteiger partial charge in [0.25, 0.3) is 5.91 Å². The molecule has 0 radical (unpaired) electrons. The molecule has 0 N–H and O–H groups in total. The summed E-state index contributed by atoms with van der Waals surface area (Å²) in [4.78, 5) is 25.9. The Morgan fingerprint density at radius 1 is 1.07 bits per heavy atom. The van der Waals surface area contributed by atoms with Gasteiger partial charge in [0, 0.05) is 13.1 Å². The lowest BCUT2D eigenvalue weighted by molar-refractivity contribution is -0.134. The second-order valence-electron chi connectivity index (χ2n) is 6.57. The normalized spacial score (nSPS) is 10.0. The lowest BCUT2D eigenvalue weighted by atomic mass is 10.2. The summed E-state index contributed by atoms with van der Waals surface area (Å²) in [5.41, 5.74) is 0.235. The summed E-state index contributed by atoms with van der Waals surface area (Å²) in [5.74, 6) is 0.178. The van der Waals surface area contributed by atoms with Crippen LogP contribution in [0.2, 0.25) is 0 Å². The molecule has 8 heteroatoms. The van der Waals surface area contributed by atoms with Gasteiger partial charge < -0.3 is 19.1 Å². The molecule has 0 aromatic heterocycles. The lowest BCUT2D eigenvalue weighted by Crippen LogP contribution is -2.36. The van der Waals surface area contributed by atoms with E-state index in [0.29, 0.717) is 30.6 Å². The van der Waals surface area contributed by atoms with Crippen molar-refractivity contribution in [3.8, 4) is 23.6 Å². The highest BCUT2D eigenvalue weighted by Gasteiger charge is 2.18. The zero-order valence-corrected chi connectivity index (χ0v) is 17.1. The molecule has 0 aliphatic rings. The van der Waals surface area contributed by atoms with Crippen LogP contribution in [0.3, 0.4) is 0 Å². The van der Waals surface area contributed by atoms with E-state index in [9.17, 15) is 9.59 Å². The molecule has 0 unspecified atom stereocenters. The molecule has 0 aliphatic carbocycles. The SMILES string of the molecule is CCOc1cc(C(=O)OCC(=O)N(CCC#N)CCC#N)ccc1OCC(C)C. The first-order chi connectivity index (χ1) is 13.9. The topological polar surface area (TPSA) is 113 Å². The third-order valence-electron chi connectivity index (χ3n) is 3.72. The molecule has 1 aromatic carbocycles. The standard InChI is InChI=1S/C21H27N3O5/c1-4-27-19-13-17(7-8-18(19)28-14-16(2)3)21(26)29-15-20(25)24(11-5-9-22)12-6-10-23/h7-8,13,16H,4-6,11-12,14-15H2,1-3H3. The van der Waals surface area contributed by atoms with Gasteiger partial charge in [0.05, 0.1) is 43.8 Å². The van der Waals surface area contributed by atoms with Gasteiger partial charge in [-0.2, -0.15) is 10.5 Å². The molecule has 8 nitrogen and oxygen atoms in total. The third kappa shape index (κ3) is 8.52. The predicted molar refractivity (Wildman–Crippen MR) is 105 cm³/mol. The smallest absolute Gasteiger partial charge is 0.338 e. The van der Waals surface area contributed by atoms with Gasteiger partial charge in [-0.05, 0) is 31.0 Å². The molecular weight excluding hydrogens is 374 g/mol. The van der Waals surface area contributed by atoms with E-state index in [4.69, 9.17) is 24.7 Å². The van der Waals surface area contributed by atoms with Crippen molar-refractivity contribution in [3.05, 3.63) is 23.8 Å². The number of rotatable bonds is 12. The fourth-order valence-electron chi connectivity index (χ4n) is 2.31. The highest BCUT2D eigenvalue weighted by Crippen LogP contribution is 2.29. The van der Waals surface area contributed by atoms with Gasteiger partial charge in [0.2, 0.25) is 0 Å². The minimum absolute atomic E-state index is 0.140. The molecule has 29 heavy (non-hydrogen) atoms. The Hall–Kier alpha value is -3.26. The van der Waals surface area contributed by atoms with Gasteiger partial charge in [-0.1, -0.05) is 13.8 Å². The summed E-state index contributed by atoms with van der Waals surface area (Å²) in [6.45, 7) is 6.70. The fraction of sp³-hybridized carbons (Fsp3) is 0.524. The summed E-state index contributed by atoms with van der Waals surface area (Å²) in [5, 5.41) is 17.4. The van der Waals surface area contributed by atoms with Crippen LogP contribution in [0.1, 0.15) is 44.0 Å². The molecule has 1 rings (SSSR count). The van der Waals surface area contributed by atoms with E-state index in [1.807, 2.05) is 32.9 Å². The Morgan fingerprint density at radius 2 is 1.72 bits per heavy atom. The van der Waals surface area contributed by atoms with Crippen LogP contribution < -0.4 is 9.47 Å². The molecule has 0 saturated carbocycles. The van der Waals surface area contributed by atoms with Crippen LogP contribution in [0.25, 0.3) is 0 Å². The largest absolute Gasteiger partial charge is 0.490 e. The number of esters is 1. The summed E-state index contributed by atoms with van der Waals surface area (Å²) in [6, 6.07) is 8.61. The molecular formula is C21H27N3O5. The zero-order valence-electron chi connectivity index (χ0n) is 17.1. The summed E-state index contributed by atoms with van der Waals surface area (Å²) >= 11 is 0. The van der Waals surface area contributed by atoms with Crippen molar-refractivity contribution in [1.29, 1.82) is 10.5 Å². The number of hydrogen-bond acceptors (Lipinski definition) is 7. The number of nitrogens with zero attached hydrogens (tertiary/aromatic N) is 3. The van der Waals surface area contributed by atoms with Crippen molar-refractivity contribution in [2.45, 2.75) is 33.6 Å². The molecule has 0 aliphatic heterocycles. The quantitative estimate of drug-likeness (QED) is 0.495. The van der Waals surface area contributed by atoms with E-state index in [1.54, 1.807) is 12.1 Å². The lowest BCUT2D eigenvalue weighted by Gasteiger charge is -2.20. The summed E-state index contributed by atoms with van der Waals surface area (Å²) < 4.78 is 16.4. The number of benzene rings is 1. The molecule has 0 bridgehead atoms. The first-order valence-corrected chi connectivity index (χ1v) is 9.51. The molecule has 0 saturated heterocycles. The van der Waals surface area contributed by atoms with E-state index >= 15 is 0 Å². The number of carbonyl (C=O) groups excluding carboxylic acids is 2. The molecule has 0 heterocycles. The van der Waals surface area contributed by atoms with Gasteiger partial charge in [0.1, 0.15) is 0 Å². The first kappa shape index (κ1) is 23.8. The van der Waals surface area contributed by atoms with Crippen LogP contribution in [0.4, 0.5) is 0 Å².